The van der Waals surface area contributed by atoms with Gasteiger partial charge in [-0.25, -0.2) is 9.78 Å². The summed E-state index contributed by atoms with van der Waals surface area (Å²) in [6, 6.07) is 0.0305. The first kappa shape index (κ1) is 12.5. The standard InChI is InChI=1S/C13H18N4OS/c1-10-3-2-4-16(8-10)12(18)14-7-11-9-17-5-6-19-13(17)15-11/h5-6,9-10H,2-4,7-8H2,1H3,(H,14,18). The molecular weight excluding hydrogens is 260 g/mol. The fraction of sp³-hybridized carbons (Fsp3) is 0.538. The summed E-state index contributed by atoms with van der Waals surface area (Å²) in [4.78, 5) is 19.4. The summed E-state index contributed by atoms with van der Waals surface area (Å²) in [7, 11) is 0. The van der Waals surface area contributed by atoms with Crippen molar-refractivity contribution in [3.63, 3.8) is 0 Å². The van der Waals surface area contributed by atoms with Gasteiger partial charge in [-0.3, -0.25) is 4.40 Å². The number of likely N-dealkylation sites (tertiary alicyclic amines) is 1. The van der Waals surface area contributed by atoms with Crippen molar-refractivity contribution in [1.29, 1.82) is 0 Å². The predicted octanol–water partition coefficient (Wildman–Crippen LogP) is 2.34. The Morgan fingerprint density at radius 1 is 1.63 bits per heavy atom. The normalized spacial score (nSPS) is 19.8. The quantitative estimate of drug-likeness (QED) is 0.916. The third-order valence-electron chi connectivity index (χ3n) is 3.51. The lowest BCUT2D eigenvalue weighted by atomic mass is 10.0. The van der Waals surface area contributed by atoms with Gasteiger partial charge in [-0.2, -0.15) is 0 Å². The molecule has 102 valence electrons. The lowest BCUT2D eigenvalue weighted by Gasteiger charge is -2.30. The highest BCUT2D eigenvalue weighted by molar-refractivity contribution is 7.15. The number of rotatable bonds is 2. The fourth-order valence-corrected chi connectivity index (χ4v) is 3.23. The molecule has 1 unspecified atom stereocenters. The monoisotopic (exact) mass is 278 g/mol. The number of carbonyl (C=O) groups excluding carboxylic acids is 1. The molecule has 0 aromatic carbocycles. The molecule has 1 aliphatic rings. The Bertz CT molecular complexity index is 547. The van der Waals surface area contributed by atoms with Gasteiger partial charge in [0.05, 0.1) is 12.2 Å². The average molecular weight is 278 g/mol. The number of imidazole rings is 1. The van der Waals surface area contributed by atoms with Gasteiger partial charge in [0, 0.05) is 30.9 Å². The Kier molecular flexibility index (Phi) is 3.42. The molecule has 0 radical (unpaired) electrons. The fourth-order valence-electron chi connectivity index (χ4n) is 2.51. The molecular formula is C13H18N4OS. The van der Waals surface area contributed by atoms with Crippen LogP contribution in [0.2, 0.25) is 0 Å². The molecule has 1 N–H and O–H groups in total. The largest absolute Gasteiger partial charge is 0.332 e. The third kappa shape index (κ3) is 2.73. The summed E-state index contributed by atoms with van der Waals surface area (Å²) >= 11 is 1.60. The van der Waals surface area contributed by atoms with Gasteiger partial charge < -0.3 is 10.2 Å². The molecule has 2 amide bonds. The Labute approximate surface area is 116 Å². The second kappa shape index (κ2) is 5.21. The van der Waals surface area contributed by atoms with E-state index in [1.807, 2.05) is 27.1 Å². The number of aromatic nitrogens is 2. The van der Waals surface area contributed by atoms with Gasteiger partial charge in [0.15, 0.2) is 4.96 Å². The zero-order chi connectivity index (χ0) is 13.2. The highest BCUT2D eigenvalue weighted by atomic mass is 32.1. The van der Waals surface area contributed by atoms with Gasteiger partial charge in [0.25, 0.3) is 0 Å². The summed E-state index contributed by atoms with van der Waals surface area (Å²) in [5.41, 5.74) is 0.908. The lowest BCUT2D eigenvalue weighted by molar-refractivity contribution is 0.169. The number of piperidine rings is 1. The Morgan fingerprint density at radius 2 is 2.53 bits per heavy atom. The SMILES string of the molecule is CC1CCCN(C(=O)NCc2cn3ccsc3n2)C1. The van der Waals surface area contributed by atoms with Crippen molar-refractivity contribution in [2.45, 2.75) is 26.3 Å². The van der Waals surface area contributed by atoms with E-state index in [0.717, 1.165) is 30.2 Å². The minimum absolute atomic E-state index is 0.0305. The van der Waals surface area contributed by atoms with Gasteiger partial charge >= 0.3 is 6.03 Å². The number of nitrogens with one attached hydrogen (secondary N) is 1. The molecule has 19 heavy (non-hydrogen) atoms. The number of thiazole rings is 1. The molecule has 3 rings (SSSR count). The van der Waals surface area contributed by atoms with Crippen molar-refractivity contribution in [2.75, 3.05) is 13.1 Å². The van der Waals surface area contributed by atoms with E-state index in [-0.39, 0.29) is 6.03 Å². The van der Waals surface area contributed by atoms with E-state index in [4.69, 9.17) is 0 Å². The maximum atomic E-state index is 12.1. The highest BCUT2D eigenvalue weighted by Crippen LogP contribution is 2.15. The maximum Gasteiger partial charge on any atom is 0.317 e. The third-order valence-corrected chi connectivity index (χ3v) is 4.28. The molecule has 2 aromatic rings. The molecule has 0 spiro atoms. The van der Waals surface area contributed by atoms with Crippen LogP contribution < -0.4 is 5.32 Å². The number of amides is 2. The van der Waals surface area contributed by atoms with Crippen molar-refractivity contribution in [1.82, 2.24) is 19.6 Å². The molecule has 6 heteroatoms. The molecule has 0 aliphatic carbocycles. The predicted molar refractivity (Wildman–Crippen MR) is 75.3 cm³/mol. The molecule has 3 heterocycles. The smallest absolute Gasteiger partial charge is 0.317 e. The van der Waals surface area contributed by atoms with E-state index in [1.165, 1.54) is 6.42 Å². The summed E-state index contributed by atoms with van der Waals surface area (Å²) in [5.74, 6) is 0.609. The molecule has 1 aliphatic heterocycles. The van der Waals surface area contributed by atoms with Crippen LogP contribution in [0.4, 0.5) is 4.79 Å². The maximum absolute atomic E-state index is 12.1. The Hall–Kier alpha value is -1.56. The minimum atomic E-state index is 0.0305. The number of urea groups is 1. The van der Waals surface area contributed by atoms with Gasteiger partial charge in [-0.1, -0.05) is 6.92 Å². The van der Waals surface area contributed by atoms with E-state index >= 15 is 0 Å². The van der Waals surface area contributed by atoms with Gasteiger partial charge in [0.2, 0.25) is 0 Å². The molecule has 5 nitrogen and oxygen atoms in total. The number of hydrogen-bond donors (Lipinski definition) is 1. The van der Waals surface area contributed by atoms with Crippen molar-refractivity contribution in [2.24, 2.45) is 5.92 Å². The highest BCUT2D eigenvalue weighted by Gasteiger charge is 2.20. The number of carbonyl (C=O) groups is 1. The van der Waals surface area contributed by atoms with Crippen LogP contribution in [-0.4, -0.2) is 33.4 Å². The molecule has 0 bridgehead atoms. The van der Waals surface area contributed by atoms with E-state index in [0.29, 0.717) is 12.5 Å². The van der Waals surface area contributed by atoms with Crippen molar-refractivity contribution >= 4 is 22.3 Å². The van der Waals surface area contributed by atoms with Gasteiger partial charge in [-0.15, -0.1) is 11.3 Å². The van der Waals surface area contributed by atoms with Crippen molar-refractivity contribution < 1.29 is 4.79 Å². The Morgan fingerprint density at radius 3 is 3.32 bits per heavy atom. The minimum Gasteiger partial charge on any atom is -0.332 e. The van der Waals surface area contributed by atoms with Gasteiger partial charge in [0.1, 0.15) is 0 Å². The molecule has 1 fully saturated rings. The second-order valence-electron chi connectivity index (χ2n) is 5.18. The summed E-state index contributed by atoms with van der Waals surface area (Å²) in [5, 5.41) is 4.96. The zero-order valence-corrected chi connectivity index (χ0v) is 11.8. The first-order valence-electron chi connectivity index (χ1n) is 6.66. The van der Waals surface area contributed by atoms with Crippen LogP contribution in [0.25, 0.3) is 4.96 Å². The zero-order valence-electron chi connectivity index (χ0n) is 11.0. The van der Waals surface area contributed by atoms with E-state index < -0.39 is 0 Å². The summed E-state index contributed by atoms with van der Waals surface area (Å²) in [6.45, 7) is 4.43. The van der Waals surface area contributed by atoms with Crippen LogP contribution in [0.1, 0.15) is 25.5 Å². The molecule has 2 aromatic heterocycles. The molecule has 0 saturated carbocycles. The van der Waals surface area contributed by atoms with Crippen molar-refractivity contribution in [3.8, 4) is 0 Å². The van der Waals surface area contributed by atoms with Gasteiger partial charge in [-0.05, 0) is 18.8 Å². The van der Waals surface area contributed by atoms with Crippen LogP contribution in [0.15, 0.2) is 17.8 Å². The summed E-state index contributed by atoms with van der Waals surface area (Å²) in [6.07, 6.45) is 6.27. The Balaban J connectivity index is 1.56. The van der Waals surface area contributed by atoms with E-state index in [1.54, 1.807) is 11.3 Å². The second-order valence-corrected chi connectivity index (χ2v) is 6.05. The van der Waals surface area contributed by atoms with Crippen LogP contribution >= 0.6 is 11.3 Å². The summed E-state index contributed by atoms with van der Waals surface area (Å²) < 4.78 is 1.98. The number of fused-ring (bicyclic) bond motifs is 1. The van der Waals surface area contributed by atoms with Crippen LogP contribution in [0.3, 0.4) is 0 Å². The molecule has 1 saturated heterocycles. The first-order valence-corrected chi connectivity index (χ1v) is 7.54. The lowest BCUT2D eigenvalue weighted by Crippen LogP contribution is -2.44. The average Bonchev–Trinajstić information content (AvgIpc) is 2.96. The van der Waals surface area contributed by atoms with Crippen LogP contribution in [0.5, 0.6) is 0 Å². The van der Waals surface area contributed by atoms with Crippen LogP contribution in [-0.2, 0) is 6.54 Å². The van der Waals surface area contributed by atoms with E-state index in [9.17, 15) is 4.79 Å². The number of nitrogens with zero attached hydrogens (tertiary/aromatic N) is 3. The topological polar surface area (TPSA) is 49.6 Å². The number of hydrogen-bond acceptors (Lipinski definition) is 3. The van der Waals surface area contributed by atoms with E-state index in [2.05, 4.69) is 17.2 Å². The van der Waals surface area contributed by atoms with Crippen LogP contribution in [0, 0.1) is 5.92 Å². The molecule has 1 atom stereocenters. The van der Waals surface area contributed by atoms with Crippen molar-refractivity contribution in [3.05, 3.63) is 23.5 Å². The first-order chi connectivity index (χ1) is 9.22.